The van der Waals surface area contributed by atoms with E-state index < -0.39 is 5.60 Å². The molecule has 0 radical (unpaired) electrons. The number of pyridine rings is 1. The Hall–Kier alpha value is -1.46. The molecule has 5 heteroatoms. The number of aromatic nitrogens is 1. The van der Waals surface area contributed by atoms with Gasteiger partial charge in [0.25, 0.3) is 5.91 Å². The second-order valence-electron chi connectivity index (χ2n) is 9.89. The van der Waals surface area contributed by atoms with E-state index in [-0.39, 0.29) is 17.9 Å². The highest BCUT2D eigenvalue weighted by Gasteiger charge is 2.47. The quantitative estimate of drug-likeness (QED) is 0.692. The molecule has 1 aliphatic heterocycles. The highest BCUT2D eigenvalue weighted by atomic mass is 16.3. The maximum Gasteiger partial charge on any atom is 0.257 e. The van der Waals surface area contributed by atoms with Gasteiger partial charge in [-0.25, -0.2) is 0 Å². The van der Waals surface area contributed by atoms with E-state index in [1.165, 1.54) is 45.1 Å². The second kappa shape index (κ2) is 10.2. The lowest BCUT2D eigenvalue weighted by atomic mass is 9.79. The number of carbonyl (C=O) groups excluding carboxylic acids is 1. The molecule has 2 aliphatic carbocycles. The summed E-state index contributed by atoms with van der Waals surface area (Å²) in [6, 6.07) is 3.76. The first kappa shape index (κ1) is 21.8. The van der Waals surface area contributed by atoms with Gasteiger partial charge in [-0.2, -0.15) is 0 Å². The molecule has 1 saturated heterocycles. The van der Waals surface area contributed by atoms with E-state index >= 15 is 0 Å². The Morgan fingerprint density at radius 2 is 1.57 bits per heavy atom. The van der Waals surface area contributed by atoms with Gasteiger partial charge in [0.05, 0.1) is 0 Å². The summed E-state index contributed by atoms with van der Waals surface area (Å²) in [5.74, 6) is 0.649. The first-order valence-electron chi connectivity index (χ1n) is 12.3. The van der Waals surface area contributed by atoms with Crippen LogP contribution in [0.5, 0.6) is 0 Å². The van der Waals surface area contributed by atoms with E-state index in [1.807, 2.05) is 0 Å². The normalized spacial score (nSPS) is 25.0. The van der Waals surface area contributed by atoms with Crippen molar-refractivity contribution in [2.75, 3.05) is 19.6 Å². The first-order valence-corrected chi connectivity index (χ1v) is 12.3. The zero-order valence-corrected chi connectivity index (χ0v) is 18.4. The van der Waals surface area contributed by atoms with Crippen molar-refractivity contribution >= 4 is 5.91 Å². The van der Waals surface area contributed by atoms with Crippen LogP contribution in [0.3, 0.4) is 0 Å². The Bertz CT molecular complexity index is 660. The molecule has 3 fully saturated rings. The van der Waals surface area contributed by atoms with Crippen molar-refractivity contribution in [1.29, 1.82) is 0 Å². The topological polar surface area (TPSA) is 65.5 Å². The van der Waals surface area contributed by atoms with Gasteiger partial charge in [0, 0.05) is 44.0 Å². The van der Waals surface area contributed by atoms with Gasteiger partial charge >= 0.3 is 0 Å². The van der Waals surface area contributed by atoms with E-state index in [0.717, 1.165) is 57.5 Å². The van der Waals surface area contributed by atoms with Gasteiger partial charge in [0.1, 0.15) is 0 Å². The molecule has 0 bridgehead atoms. The van der Waals surface area contributed by atoms with Crippen molar-refractivity contribution in [3.05, 3.63) is 30.1 Å². The Morgan fingerprint density at radius 1 is 0.967 bits per heavy atom. The molecule has 3 aliphatic rings. The first-order chi connectivity index (χ1) is 14.7. The van der Waals surface area contributed by atoms with Gasteiger partial charge in [-0.05, 0) is 62.1 Å². The van der Waals surface area contributed by atoms with Crippen LogP contribution in [0.1, 0.15) is 82.6 Å². The Kier molecular flexibility index (Phi) is 7.42. The van der Waals surface area contributed by atoms with E-state index in [4.69, 9.17) is 0 Å². The second-order valence-corrected chi connectivity index (χ2v) is 9.89. The Morgan fingerprint density at radius 3 is 2.20 bits per heavy atom. The summed E-state index contributed by atoms with van der Waals surface area (Å²) in [5, 5.41) is 14.9. The summed E-state index contributed by atoms with van der Waals surface area (Å²) in [5.41, 5.74) is -0.746. The summed E-state index contributed by atoms with van der Waals surface area (Å²) in [4.78, 5) is 20.0. The van der Waals surface area contributed by atoms with E-state index in [2.05, 4.69) is 15.2 Å². The van der Waals surface area contributed by atoms with E-state index in [9.17, 15) is 9.90 Å². The summed E-state index contributed by atoms with van der Waals surface area (Å²) in [6.45, 7) is 3.33. The predicted octanol–water partition coefficient (Wildman–Crippen LogP) is 4.01. The number of likely N-dealkylation sites (tertiary alicyclic amines) is 1. The molecule has 166 valence electrons. The minimum atomic E-state index is -1.43. The number of piperidine rings is 1. The van der Waals surface area contributed by atoms with Crippen LogP contribution in [0.15, 0.2) is 24.5 Å². The molecular weight excluding hydrogens is 374 g/mol. The number of nitrogens with zero attached hydrogens (tertiary/aromatic N) is 2. The number of amides is 1. The highest BCUT2D eigenvalue weighted by molar-refractivity contribution is 5.87. The number of nitrogens with one attached hydrogen (secondary N) is 1. The van der Waals surface area contributed by atoms with Crippen LogP contribution in [0.4, 0.5) is 0 Å². The fourth-order valence-electron chi connectivity index (χ4n) is 5.97. The molecule has 1 amide bonds. The number of rotatable bonds is 6. The number of hydrogen-bond donors (Lipinski definition) is 2. The molecular formula is C25H39N3O2. The van der Waals surface area contributed by atoms with Crippen molar-refractivity contribution in [3.8, 4) is 0 Å². The zero-order valence-electron chi connectivity index (χ0n) is 18.4. The van der Waals surface area contributed by atoms with Crippen molar-refractivity contribution in [3.63, 3.8) is 0 Å². The molecule has 5 nitrogen and oxygen atoms in total. The summed E-state index contributed by atoms with van der Waals surface area (Å²) >= 11 is 0. The lowest BCUT2D eigenvalue weighted by molar-refractivity contribution is -0.148. The zero-order chi connectivity index (χ0) is 20.8. The summed E-state index contributed by atoms with van der Waals surface area (Å²) < 4.78 is 0. The predicted molar refractivity (Wildman–Crippen MR) is 119 cm³/mol. The third kappa shape index (κ3) is 5.05. The molecule has 1 aromatic rings. The van der Waals surface area contributed by atoms with Crippen LogP contribution in [-0.2, 0) is 10.4 Å². The van der Waals surface area contributed by atoms with Crippen LogP contribution in [-0.4, -0.2) is 46.6 Å². The molecule has 1 unspecified atom stereocenters. The van der Waals surface area contributed by atoms with Gasteiger partial charge in [-0.3, -0.25) is 9.78 Å². The number of carbonyl (C=O) groups is 1. The fraction of sp³-hybridized carbons (Fsp3) is 0.760. The Balaban J connectivity index is 1.33. The number of hydrogen-bond acceptors (Lipinski definition) is 4. The maximum absolute atomic E-state index is 13.4. The highest BCUT2D eigenvalue weighted by Crippen LogP contribution is 2.41. The van der Waals surface area contributed by atoms with Crippen LogP contribution >= 0.6 is 0 Å². The van der Waals surface area contributed by atoms with Crippen LogP contribution in [0, 0.1) is 11.8 Å². The largest absolute Gasteiger partial charge is 0.375 e. The van der Waals surface area contributed by atoms with E-state index in [0.29, 0.717) is 5.56 Å². The summed E-state index contributed by atoms with van der Waals surface area (Å²) in [6.07, 6.45) is 17.7. The molecule has 0 spiro atoms. The molecule has 2 heterocycles. The van der Waals surface area contributed by atoms with Crippen molar-refractivity contribution in [2.24, 2.45) is 11.8 Å². The molecule has 4 rings (SSSR count). The van der Waals surface area contributed by atoms with Crippen LogP contribution in [0.25, 0.3) is 0 Å². The lowest BCUT2D eigenvalue weighted by Crippen LogP contribution is -2.54. The van der Waals surface area contributed by atoms with Crippen molar-refractivity contribution in [2.45, 2.75) is 88.7 Å². The average molecular weight is 414 g/mol. The van der Waals surface area contributed by atoms with Gasteiger partial charge in [-0.15, -0.1) is 0 Å². The standard InChI is InChI=1S/C25H39N3O2/c29-24(25(30,21-9-5-6-10-21)22-11-15-26-16-12-22)27-23-13-17-28(18-14-23)19-20-7-3-1-2-4-8-20/h11-12,15-16,20-21,23,30H,1-10,13-14,17-19H2,(H,27,29). The van der Waals surface area contributed by atoms with Crippen LogP contribution in [0.2, 0.25) is 0 Å². The monoisotopic (exact) mass is 413 g/mol. The van der Waals surface area contributed by atoms with Gasteiger partial charge in [0.15, 0.2) is 5.60 Å². The Labute approximate surface area is 181 Å². The van der Waals surface area contributed by atoms with Gasteiger partial charge in [-0.1, -0.05) is 38.5 Å². The number of aliphatic hydroxyl groups is 1. The summed E-state index contributed by atoms with van der Waals surface area (Å²) in [7, 11) is 0. The van der Waals surface area contributed by atoms with Gasteiger partial charge in [0.2, 0.25) is 0 Å². The van der Waals surface area contributed by atoms with Crippen molar-refractivity contribution < 1.29 is 9.90 Å². The molecule has 0 aromatic carbocycles. The van der Waals surface area contributed by atoms with Gasteiger partial charge < -0.3 is 15.3 Å². The molecule has 2 saturated carbocycles. The third-order valence-electron chi connectivity index (χ3n) is 7.83. The smallest absolute Gasteiger partial charge is 0.257 e. The molecule has 1 atom stereocenters. The maximum atomic E-state index is 13.4. The lowest BCUT2D eigenvalue weighted by Gasteiger charge is -2.38. The minimum Gasteiger partial charge on any atom is -0.375 e. The van der Waals surface area contributed by atoms with E-state index in [1.54, 1.807) is 24.5 Å². The SMILES string of the molecule is O=C(NC1CCN(CC2CCCCCC2)CC1)C(O)(c1ccncc1)C1CCCC1. The van der Waals surface area contributed by atoms with Crippen molar-refractivity contribution in [1.82, 2.24) is 15.2 Å². The third-order valence-corrected chi connectivity index (χ3v) is 7.83. The average Bonchev–Trinajstić information content (AvgIpc) is 3.21. The molecule has 1 aromatic heterocycles. The minimum absolute atomic E-state index is 0.00442. The van der Waals surface area contributed by atoms with Crippen LogP contribution < -0.4 is 5.32 Å². The molecule has 2 N–H and O–H groups in total. The fourth-order valence-corrected chi connectivity index (χ4v) is 5.97. The molecule has 30 heavy (non-hydrogen) atoms.